The van der Waals surface area contributed by atoms with Crippen molar-refractivity contribution >= 4 is 21.6 Å². The molecule has 6 nitrogen and oxygen atoms in total. The van der Waals surface area contributed by atoms with Crippen molar-refractivity contribution < 1.29 is 9.47 Å². The number of aromatic nitrogens is 2. The van der Waals surface area contributed by atoms with Crippen molar-refractivity contribution in [2.24, 2.45) is 0 Å². The SMILES string of the molecule is COc1cccc2c1OC[C@@H](n1cnc3sc4c(c3c1=O)CCNC4)C2. The first-order chi connectivity index (χ1) is 12.8. The summed E-state index contributed by atoms with van der Waals surface area (Å²) in [6, 6.07) is 5.82. The lowest BCUT2D eigenvalue weighted by molar-refractivity contribution is 0.211. The molecular formula is C19H19N3O3S. The average Bonchev–Trinajstić information content (AvgIpc) is 3.06. The summed E-state index contributed by atoms with van der Waals surface area (Å²) in [7, 11) is 1.64. The Balaban J connectivity index is 1.57. The quantitative estimate of drug-likeness (QED) is 0.751. The predicted octanol–water partition coefficient (Wildman–Crippen LogP) is 2.29. The Bertz CT molecular complexity index is 1060. The molecule has 0 bridgehead atoms. The lowest BCUT2D eigenvalue weighted by Gasteiger charge is -2.27. The molecular weight excluding hydrogens is 350 g/mol. The van der Waals surface area contributed by atoms with Crippen LogP contribution in [0, 0.1) is 0 Å². The minimum Gasteiger partial charge on any atom is -0.493 e. The molecule has 2 aromatic heterocycles. The number of fused-ring (bicyclic) bond motifs is 4. The van der Waals surface area contributed by atoms with Gasteiger partial charge in [-0.3, -0.25) is 9.36 Å². The third kappa shape index (κ3) is 2.34. The molecule has 5 rings (SSSR count). The number of benzene rings is 1. The van der Waals surface area contributed by atoms with Crippen molar-refractivity contribution in [1.82, 2.24) is 14.9 Å². The summed E-state index contributed by atoms with van der Waals surface area (Å²) in [6.45, 7) is 2.18. The fourth-order valence-electron chi connectivity index (χ4n) is 3.91. The van der Waals surface area contributed by atoms with E-state index < -0.39 is 0 Å². The summed E-state index contributed by atoms with van der Waals surface area (Å²) < 4.78 is 13.1. The van der Waals surface area contributed by atoms with Gasteiger partial charge in [0.1, 0.15) is 11.4 Å². The Morgan fingerprint density at radius 1 is 1.42 bits per heavy atom. The smallest absolute Gasteiger partial charge is 0.262 e. The van der Waals surface area contributed by atoms with Crippen LogP contribution in [0.5, 0.6) is 11.5 Å². The van der Waals surface area contributed by atoms with Gasteiger partial charge in [-0.15, -0.1) is 11.3 Å². The summed E-state index contributed by atoms with van der Waals surface area (Å²) in [5, 5.41) is 4.16. The van der Waals surface area contributed by atoms with Crippen LogP contribution < -0.4 is 20.3 Å². The van der Waals surface area contributed by atoms with Crippen molar-refractivity contribution in [2.75, 3.05) is 20.3 Å². The number of thiophene rings is 1. The van der Waals surface area contributed by atoms with Gasteiger partial charge in [0.2, 0.25) is 0 Å². The maximum Gasteiger partial charge on any atom is 0.262 e. The van der Waals surface area contributed by atoms with Crippen LogP contribution in [-0.2, 0) is 19.4 Å². The van der Waals surface area contributed by atoms with Gasteiger partial charge < -0.3 is 14.8 Å². The Morgan fingerprint density at radius 3 is 3.23 bits per heavy atom. The van der Waals surface area contributed by atoms with Crippen LogP contribution in [0.2, 0.25) is 0 Å². The number of hydrogen-bond donors (Lipinski definition) is 1. The molecule has 0 aliphatic carbocycles. The molecule has 3 aromatic rings. The molecule has 0 radical (unpaired) electrons. The minimum absolute atomic E-state index is 0.0503. The number of rotatable bonds is 2. The summed E-state index contributed by atoms with van der Waals surface area (Å²) >= 11 is 1.63. The highest BCUT2D eigenvalue weighted by atomic mass is 32.1. The van der Waals surface area contributed by atoms with Crippen LogP contribution in [0.15, 0.2) is 29.3 Å². The van der Waals surface area contributed by atoms with Crippen LogP contribution in [0.25, 0.3) is 10.2 Å². The van der Waals surface area contributed by atoms with Gasteiger partial charge in [-0.05, 0) is 24.6 Å². The number of nitrogens with one attached hydrogen (secondary N) is 1. The molecule has 0 saturated carbocycles. The van der Waals surface area contributed by atoms with E-state index in [9.17, 15) is 4.79 Å². The van der Waals surface area contributed by atoms with Gasteiger partial charge in [-0.1, -0.05) is 12.1 Å². The predicted molar refractivity (Wildman–Crippen MR) is 101 cm³/mol. The van der Waals surface area contributed by atoms with Crippen molar-refractivity contribution in [2.45, 2.75) is 25.4 Å². The molecule has 2 aliphatic rings. The van der Waals surface area contributed by atoms with Crippen molar-refractivity contribution in [3.63, 3.8) is 0 Å². The largest absolute Gasteiger partial charge is 0.493 e. The molecule has 0 amide bonds. The Kier molecular flexibility index (Phi) is 3.72. The molecule has 0 fully saturated rings. The number of nitrogens with zero attached hydrogens (tertiary/aromatic N) is 2. The van der Waals surface area contributed by atoms with E-state index in [-0.39, 0.29) is 11.6 Å². The fraction of sp³-hybridized carbons (Fsp3) is 0.368. The van der Waals surface area contributed by atoms with Crippen LogP contribution >= 0.6 is 11.3 Å². The van der Waals surface area contributed by atoms with Gasteiger partial charge in [-0.25, -0.2) is 4.98 Å². The second-order valence-corrected chi connectivity index (χ2v) is 7.77. The van der Waals surface area contributed by atoms with E-state index in [2.05, 4.69) is 10.3 Å². The summed E-state index contributed by atoms with van der Waals surface area (Å²) in [5.41, 5.74) is 2.29. The monoisotopic (exact) mass is 369 g/mol. The van der Waals surface area contributed by atoms with Crippen molar-refractivity contribution in [3.8, 4) is 11.5 Å². The van der Waals surface area contributed by atoms with Crippen molar-refractivity contribution in [1.29, 1.82) is 0 Å². The zero-order valence-corrected chi connectivity index (χ0v) is 15.3. The van der Waals surface area contributed by atoms with Gasteiger partial charge >= 0.3 is 0 Å². The van der Waals surface area contributed by atoms with E-state index in [1.807, 2.05) is 18.2 Å². The molecule has 7 heteroatoms. The lowest BCUT2D eigenvalue weighted by Crippen LogP contribution is -2.33. The highest BCUT2D eigenvalue weighted by molar-refractivity contribution is 7.18. The molecule has 0 unspecified atom stereocenters. The van der Waals surface area contributed by atoms with Crippen LogP contribution in [0.4, 0.5) is 0 Å². The van der Waals surface area contributed by atoms with Gasteiger partial charge in [0.25, 0.3) is 5.56 Å². The summed E-state index contributed by atoms with van der Waals surface area (Å²) in [6.07, 6.45) is 3.30. The average molecular weight is 369 g/mol. The zero-order valence-electron chi connectivity index (χ0n) is 14.4. The number of hydrogen-bond acceptors (Lipinski definition) is 6. The second-order valence-electron chi connectivity index (χ2n) is 6.69. The third-order valence-electron chi connectivity index (χ3n) is 5.21. The number of para-hydroxylation sites is 1. The molecule has 1 aromatic carbocycles. The zero-order chi connectivity index (χ0) is 17.7. The molecule has 4 heterocycles. The number of ether oxygens (including phenoxy) is 2. The Labute approximate surface area is 154 Å². The van der Waals surface area contributed by atoms with E-state index in [1.54, 1.807) is 29.3 Å². The highest BCUT2D eigenvalue weighted by Crippen LogP contribution is 2.37. The van der Waals surface area contributed by atoms with E-state index in [0.29, 0.717) is 6.61 Å². The highest BCUT2D eigenvalue weighted by Gasteiger charge is 2.27. The van der Waals surface area contributed by atoms with Crippen LogP contribution in [0.1, 0.15) is 22.0 Å². The Morgan fingerprint density at radius 2 is 2.35 bits per heavy atom. The standard InChI is InChI=1S/C19H19N3O3S/c1-24-14-4-2-3-11-7-12(9-25-17(11)14)22-10-21-18-16(19(22)23)13-5-6-20-8-15(13)26-18/h2-4,10,12,20H,5-9H2,1H3/t12-/m0/s1. The fourth-order valence-corrected chi connectivity index (χ4v) is 5.05. The second kappa shape index (κ2) is 6.10. The van der Waals surface area contributed by atoms with E-state index >= 15 is 0 Å². The van der Waals surface area contributed by atoms with E-state index in [1.165, 1.54) is 10.4 Å². The molecule has 26 heavy (non-hydrogen) atoms. The van der Waals surface area contributed by atoms with E-state index in [4.69, 9.17) is 9.47 Å². The molecule has 0 spiro atoms. The van der Waals surface area contributed by atoms with Crippen molar-refractivity contribution in [3.05, 3.63) is 50.9 Å². The van der Waals surface area contributed by atoms with Gasteiger partial charge in [0.15, 0.2) is 11.5 Å². The molecule has 134 valence electrons. The maximum atomic E-state index is 13.2. The minimum atomic E-state index is -0.0590. The molecule has 1 atom stereocenters. The van der Waals surface area contributed by atoms with E-state index in [0.717, 1.165) is 53.2 Å². The topological polar surface area (TPSA) is 65.4 Å². The van der Waals surface area contributed by atoms with Gasteiger partial charge in [0, 0.05) is 23.4 Å². The molecule has 0 saturated heterocycles. The first-order valence-corrected chi connectivity index (χ1v) is 9.58. The van der Waals surface area contributed by atoms with Gasteiger partial charge in [-0.2, -0.15) is 0 Å². The first-order valence-electron chi connectivity index (χ1n) is 8.77. The summed E-state index contributed by atoms with van der Waals surface area (Å²) in [4.78, 5) is 19.9. The maximum absolute atomic E-state index is 13.2. The van der Waals surface area contributed by atoms with Crippen LogP contribution in [-0.4, -0.2) is 29.8 Å². The van der Waals surface area contributed by atoms with Crippen LogP contribution in [0.3, 0.4) is 0 Å². The molecule has 2 aliphatic heterocycles. The Hall–Kier alpha value is -2.38. The first kappa shape index (κ1) is 15.8. The third-order valence-corrected chi connectivity index (χ3v) is 6.35. The number of methoxy groups -OCH3 is 1. The summed E-state index contributed by atoms with van der Waals surface area (Å²) in [5.74, 6) is 1.52. The molecule has 1 N–H and O–H groups in total. The normalized spacial score (nSPS) is 18.9. The lowest BCUT2D eigenvalue weighted by atomic mass is 10.0. The van der Waals surface area contributed by atoms with Gasteiger partial charge in [0.05, 0.1) is 24.9 Å².